The summed E-state index contributed by atoms with van der Waals surface area (Å²) in [5.41, 5.74) is 2.01. The Hall–Kier alpha value is -2.30. The molecule has 0 aromatic heterocycles. The molecular formula is C21H30N2O3. The average molecular weight is 358 g/mol. The highest BCUT2D eigenvalue weighted by Crippen LogP contribution is 2.23. The predicted molar refractivity (Wildman–Crippen MR) is 104 cm³/mol. The number of hydrogen-bond acceptors (Lipinski definition) is 3. The van der Waals surface area contributed by atoms with Gasteiger partial charge in [0.15, 0.2) is 0 Å². The first-order valence-corrected chi connectivity index (χ1v) is 9.21. The van der Waals surface area contributed by atoms with Gasteiger partial charge in [0.2, 0.25) is 11.8 Å². The monoisotopic (exact) mass is 358 g/mol. The van der Waals surface area contributed by atoms with Crippen molar-refractivity contribution >= 4 is 17.9 Å². The smallest absolute Gasteiger partial charge is 0.246 e. The number of carbonyl (C=O) groups is 2. The third-order valence-corrected chi connectivity index (χ3v) is 5.07. The molecule has 2 amide bonds. The SMILES string of the molecule is COc1ccc(C)cc1/C=C/C(=O)N1CCC(C(=O)N(C)C(C)C)CC1. The lowest BCUT2D eigenvalue weighted by atomic mass is 9.95. The summed E-state index contributed by atoms with van der Waals surface area (Å²) < 4.78 is 5.34. The van der Waals surface area contributed by atoms with Crippen molar-refractivity contribution < 1.29 is 14.3 Å². The molecule has 1 saturated heterocycles. The van der Waals surface area contributed by atoms with Gasteiger partial charge in [0.1, 0.15) is 5.75 Å². The number of carbonyl (C=O) groups excluding carboxylic acids is 2. The van der Waals surface area contributed by atoms with E-state index in [1.807, 2.05) is 50.9 Å². The zero-order valence-electron chi connectivity index (χ0n) is 16.5. The number of amides is 2. The average Bonchev–Trinajstić information content (AvgIpc) is 2.65. The van der Waals surface area contributed by atoms with E-state index in [-0.39, 0.29) is 23.8 Å². The van der Waals surface area contributed by atoms with Crippen molar-refractivity contribution in [3.8, 4) is 5.75 Å². The van der Waals surface area contributed by atoms with E-state index in [1.165, 1.54) is 0 Å². The zero-order valence-corrected chi connectivity index (χ0v) is 16.5. The van der Waals surface area contributed by atoms with E-state index in [1.54, 1.807) is 24.2 Å². The number of likely N-dealkylation sites (tertiary alicyclic amines) is 1. The molecule has 0 atom stereocenters. The van der Waals surface area contributed by atoms with Crippen LogP contribution in [0.2, 0.25) is 0 Å². The Bertz CT molecular complexity index is 674. The maximum Gasteiger partial charge on any atom is 0.246 e. The zero-order chi connectivity index (χ0) is 19.3. The molecule has 0 aliphatic carbocycles. The van der Waals surface area contributed by atoms with E-state index in [2.05, 4.69) is 0 Å². The van der Waals surface area contributed by atoms with Crippen LogP contribution < -0.4 is 4.74 Å². The number of piperidine rings is 1. The highest BCUT2D eigenvalue weighted by molar-refractivity contribution is 5.92. The molecular weight excluding hydrogens is 328 g/mol. The first-order valence-electron chi connectivity index (χ1n) is 9.21. The van der Waals surface area contributed by atoms with Crippen LogP contribution in [0.5, 0.6) is 5.75 Å². The van der Waals surface area contributed by atoms with Crippen molar-refractivity contribution in [1.29, 1.82) is 0 Å². The molecule has 1 aromatic rings. The summed E-state index contributed by atoms with van der Waals surface area (Å²) in [6.45, 7) is 7.28. The fourth-order valence-corrected chi connectivity index (χ4v) is 3.14. The normalized spacial score (nSPS) is 15.5. The molecule has 1 aliphatic heterocycles. The van der Waals surface area contributed by atoms with Crippen LogP contribution in [-0.2, 0) is 9.59 Å². The van der Waals surface area contributed by atoms with Crippen LogP contribution in [0, 0.1) is 12.8 Å². The molecule has 1 aliphatic rings. The van der Waals surface area contributed by atoms with Crippen molar-refractivity contribution in [2.45, 2.75) is 39.7 Å². The minimum absolute atomic E-state index is 0.0170. The van der Waals surface area contributed by atoms with E-state index in [0.717, 1.165) is 29.7 Å². The van der Waals surface area contributed by atoms with Crippen molar-refractivity contribution in [3.63, 3.8) is 0 Å². The molecule has 0 radical (unpaired) electrons. The summed E-state index contributed by atoms with van der Waals surface area (Å²) >= 11 is 0. The summed E-state index contributed by atoms with van der Waals surface area (Å²) in [5, 5.41) is 0. The number of methoxy groups -OCH3 is 1. The van der Waals surface area contributed by atoms with Crippen LogP contribution in [0.4, 0.5) is 0 Å². The third-order valence-electron chi connectivity index (χ3n) is 5.07. The lowest BCUT2D eigenvalue weighted by Crippen LogP contribution is -2.44. The molecule has 0 unspecified atom stereocenters. The Morgan fingerprint density at radius 1 is 1.27 bits per heavy atom. The Morgan fingerprint density at radius 2 is 1.92 bits per heavy atom. The van der Waals surface area contributed by atoms with Gasteiger partial charge < -0.3 is 14.5 Å². The van der Waals surface area contributed by atoms with Gasteiger partial charge in [-0.1, -0.05) is 11.6 Å². The van der Waals surface area contributed by atoms with Crippen LogP contribution in [-0.4, -0.2) is 54.9 Å². The molecule has 142 valence electrons. The van der Waals surface area contributed by atoms with Gasteiger partial charge in [0.25, 0.3) is 0 Å². The van der Waals surface area contributed by atoms with Gasteiger partial charge in [-0.3, -0.25) is 9.59 Å². The molecule has 2 rings (SSSR count). The Balaban J connectivity index is 1.95. The summed E-state index contributed by atoms with van der Waals surface area (Å²) in [6.07, 6.45) is 4.85. The molecule has 1 aromatic carbocycles. The van der Waals surface area contributed by atoms with E-state index in [4.69, 9.17) is 4.74 Å². The van der Waals surface area contributed by atoms with Crippen molar-refractivity contribution in [2.24, 2.45) is 5.92 Å². The van der Waals surface area contributed by atoms with E-state index in [9.17, 15) is 9.59 Å². The second-order valence-corrected chi connectivity index (χ2v) is 7.22. The van der Waals surface area contributed by atoms with Gasteiger partial charge in [-0.05, 0) is 51.8 Å². The van der Waals surface area contributed by atoms with Crippen LogP contribution in [0.15, 0.2) is 24.3 Å². The number of aryl methyl sites for hydroxylation is 1. The Labute approximate surface area is 156 Å². The van der Waals surface area contributed by atoms with E-state index >= 15 is 0 Å². The molecule has 5 nitrogen and oxygen atoms in total. The van der Waals surface area contributed by atoms with Crippen molar-refractivity contribution in [2.75, 3.05) is 27.2 Å². The number of hydrogen-bond donors (Lipinski definition) is 0. The van der Waals surface area contributed by atoms with Crippen LogP contribution in [0.3, 0.4) is 0 Å². The lowest BCUT2D eigenvalue weighted by molar-refractivity contribution is -0.139. The molecule has 0 saturated carbocycles. The molecule has 1 fully saturated rings. The van der Waals surface area contributed by atoms with Crippen molar-refractivity contribution in [3.05, 3.63) is 35.4 Å². The number of rotatable bonds is 5. The van der Waals surface area contributed by atoms with Crippen LogP contribution in [0.1, 0.15) is 37.8 Å². The summed E-state index contributed by atoms with van der Waals surface area (Å²) in [4.78, 5) is 28.5. The van der Waals surface area contributed by atoms with Crippen LogP contribution >= 0.6 is 0 Å². The molecule has 5 heteroatoms. The Morgan fingerprint density at radius 3 is 2.50 bits per heavy atom. The number of ether oxygens (including phenoxy) is 1. The maximum absolute atomic E-state index is 12.5. The van der Waals surface area contributed by atoms with Gasteiger partial charge >= 0.3 is 0 Å². The summed E-state index contributed by atoms with van der Waals surface area (Å²) in [7, 11) is 3.47. The highest BCUT2D eigenvalue weighted by Gasteiger charge is 2.29. The predicted octanol–water partition coefficient (Wildman–Crippen LogP) is 3.12. The molecule has 26 heavy (non-hydrogen) atoms. The minimum Gasteiger partial charge on any atom is -0.496 e. The second-order valence-electron chi connectivity index (χ2n) is 7.22. The standard InChI is InChI=1S/C21H30N2O3/c1-15(2)22(4)21(25)17-10-12-23(13-11-17)20(24)9-7-18-14-16(3)6-8-19(18)26-5/h6-9,14-15,17H,10-13H2,1-5H3/b9-7+. The minimum atomic E-state index is -0.0170. The third kappa shape index (κ3) is 4.87. The molecule has 1 heterocycles. The van der Waals surface area contributed by atoms with Gasteiger partial charge in [-0.2, -0.15) is 0 Å². The van der Waals surface area contributed by atoms with Crippen LogP contribution in [0.25, 0.3) is 6.08 Å². The molecule has 0 bridgehead atoms. The highest BCUT2D eigenvalue weighted by atomic mass is 16.5. The molecule has 0 spiro atoms. The Kier molecular flexibility index (Phi) is 6.83. The summed E-state index contributed by atoms with van der Waals surface area (Å²) in [6, 6.07) is 6.08. The fraction of sp³-hybridized carbons (Fsp3) is 0.524. The van der Waals surface area contributed by atoms with Gasteiger partial charge in [0.05, 0.1) is 7.11 Å². The fourth-order valence-electron chi connectivity index (χ4n) is 3.14. The largest absolute Gasteiger partial charge is 0.496 e. The van der Waals surface area contributed by atoms with Crippen molar-refractivity contribution in [1.82, 2.24) is 9.80 Å². The number of nitrogens with zero attached hydrogens (tertiary/aromatic N) is 2. The van der Waals surface area contributed by atoms with E-state index in [0.29, 0.717) is 13.1 Å². The lowest BCUT2D eigenvalue weighted by Gasteiger charge is -2.33. The second kappa shape index (κ2) is 8.88. The van der Waals surface area contributed by atoms with Gasteiger partial charge in [-0.15, -0.1) is 0 Å². The van der Waals surface area contributed by atoms with Gasteiger partial charge in [-0.25, -0.2) is 0 Å². The van der Waals surface area contributed by atoms with E-state index < -0.39 is 0 Å². The summed E-state index contributed by atoms with van der Waals surface area (Å²) in [5.74, 6) is 0.941. The van der Waals surface area contributed by atoms with Gasteiger partial charge in [0, 0.05) is 43.7 Å². The first-order chi connectivity index (χ1) is 12.3. The molecule has 0 N–H and O–H groups in total. The topological polar surface area (TPSA) is 49.9 Å². The number of benzene rings is 1. The first kappa shape index (κ1) is 20.0. The maximum atomic E-state index is 12.5. The quantitative estimate of drug-likeness (QED) is 0.760.